The van der Waals surface area contributed by atoms with E-state index in [9.17, 15) is 0 Å². The molecule has 1 aromatic heterocycles. The topological polar surface area (TPSA) is 49.4 Å². The maximum atomic E-state index is 6.25. The summed E-state index contributed by atoms with van der Waals surface area (Å²) < 4.78 is 13.0. The lowest BCUT2D eigenvalue weighted by Crippen LogP contribution is -2.18. The highest BCUT2D eigenvalue weighted by atomic mass is 16.5. The van der Waals surface area contributed by atoms with Crippen LogP contribution in [0.2, 0.25) is 0 Å². The molecular formula is C17H22N2O2. The molecule has 2 N–H and O–H groups in total. The molecule has 112 valence electrons. The zero-order valence-electron chi connectivity index (χ0n) is 12.8. The third kappa shape index (κ3) is 2.29. The number of nitrogens with zero attached hydrogens (tertiary/aromatic N) is 1. The van der Waals surface area contributed by atoms with Crippen molar-refractivity contribution < 1.29 is 9.47 Å². The van der Waals surface area contributed by atoms with Crippen LogP contribution in [0, 0.1) is 6.92 Å². The van der Waals surface area contributed by atoms with Crippen molar-refractivity contribution in [1.29, 1.82) is 0 Å². The van der Waals surface area contributed by atoms with Gasteiger partial charge in [-0.1, -0.05) is 0 Å². The number of hydrogen-bond acceptors (Lipinski definition) is 3. The van der Waals surface area contributed by atoms with Crippen LogP contribution < -0.4 is 15.2 Å². The molecule has 0 bridgehead atoms. The fourth-order valence-corrected chi connectivity index (χ4v) is 3.26. The minimum absolute atomic E-state index is 0.161. The molecule has 1 aliphatic rings. The van der Waals surface area contributed by atoms with Crippen molar-refractivity contribution in [2.24, 2.45) is 5.73 Å². The van der Waals surface area contributed by atoms with Gasteiger partial charge in [-0.15, -0.1) is 0 Å². The molecule has 0 saturated carbocycles. The Balaban J connectivity index is 2.13. The summed E-state index contributed by atoms with van der Waals surface area (Å²) in [5.74, 6) is 1.49. The second-order valence-electron chi connectivity index (χ2n) is 5.56. The van der Waals surface area contributed by atoms with Gasteiger partial charge in [0.2, 0.25) is 0 Å². The lowest BCUT2D eigenvalue weighted by atomic mass is 9.93. The molecule has 0 saturated heterocycles. The Morgan fingerprint density at radius 1 is 1.14 bits per heavy atom. The van der Waals surface area contributed by atoms with E-state index in [-0.39, 0.29) is 6.04 Å². The van der Waals surface area contributed by atoms with Crippen molar-refractivity contribution in [3.8, 4) is 17.2 Å². The molecule has 0 radical (unpaired) electrons. The number of methoxy groups -OCH3 is 2. The third-order valence-electron chi connectivity index (χ3n) is 4.27. The van der Waals surface area contributed by atoms with E-state index in [4.69, 9.17) is 15.2 Å². The van der Waals surface area contributed by atoms with Crippen molar-refractivity contribution in [2.45, 2.75) is 32.2 Å². The smallest absolute Gasteiger partial charge is 0.162 e. The molecular weight excluding hydrogens is 264 g/mol. The van der Waals surface area contributed by atoms with Crippen LogP contribution in [-0.4, -0.2) is 18.8 Å². The Hall–Kier alpha value is -1.94. The van der Waals surface area contributed by atoms with E-state index in [1.165, 1.54) is 17.0 Å². The summed E-state index contributed by atoms with van der Waals surface area (Å²) in [6.07, 6.45) is 3.29. The van der Waals surface area contributed by atoms with Crippen LogP contribution in [-0.2, 0) is 6.42 Å². The molecule has 1 unspecified atom stereocenters. The number of nitrogens with two attached hydrogens (primary N) is 1. The minimum Gasteiger partial charge on any atom is -0.493 e. The van der Waals surface area contributed by atoms with Gasteiger partial charge in [0.05, 0.1) is 14.2 Å². The van der Waals surface area contributed by atoms with Crippen LogP contribution in [0.3, 0.4) is 0 Å². The van der Waals surface area contributed by atoms with E-state index >= 15 is 0 Å². The van der Waals surface area contributed by atoms with E-state index < -0.39 is 0 Å². The van der Waals surface area contributed by atoms with Crippen LogP contribution in [0.25, 0.3) is 5.69 Å². The van der Waals surface area contributed by atoms with Gasteiger partial charge in [0.1, 0.15) is 0 Å². The molecule has 0 spiro atoms. The van der Waals surface area contributed by atoms with E-state index in [1.54, 1.807) is 14.2 Å². The second-order valence-corrected chi connectivity index (χ2v) is 5.56. The molecule has 3 rings (SSSR count). The normalized spacial score (nSPS) is 17.4. The van der Waals surface area contributed by atoms with Gasteiger partial charge in [0, 0.05) is 29.2 Å². The van der Waals surface area contributed by atoms with Gasteiger partial charge >= 0.3 is 0 Å². The van der Waals surface area contributed by atoms with Crippen LogP contribution in [0.15, 0.2) is 24.3 Å². The molecule has 1 aromatic carbocycles. The molecule has 2 aromatic rings. The van der Waals surface area contributed by atoms with E-state index in [0.717, 1.165) is 36.4 Å². The summed E-state index contributed by atoms with van der Waals surface area (Å²) in [5, 5.41) is 0. The summed E-state index contributed by atoms with van der Waals surface area (Å²) in [6.45, 7) is 2.13. The predicted molar refractivity (Wildman–Crippen MR) is 83.5 cm³/mol. The highest BCUT2D eigenvalue weighted by molar-refractivity contribution is 5.52. The summed E-state index contributed by atoms with van der Waals surface area (Å²) >= 11 is 0. The van der Waals surface area contributed by atoms with Crippen molar-refractivity contribution in [3.05, 3.63) is 41.2 Å². The summed E-state index contributed by atoms with van der Waals surface area (Å²) in [7, 11) is 3.31. The summed E-state index contributed by atoms with van der Waals surface area (Å²) in [4.78, 5) is 0. The first-order valence-corrected chi connectivity index (χ1v) is 7.34. The van der Waals surface area contributed by atoms with Gasteiger partial charge in [-0.3, -0.25) is 0 Å². The highest BCUT2D eigenvalue weighted by Gasteiger charge is 2.23. The Labute approximate surface area is 125 Å². The monoisotopic (exact) mass is 286 g/mol. The SMILES string of the molecule is COc1ccc(-n2c(C)cc3c2CCCC3N)cc1OC. The first-order chi connectivity index (χ1) is 10.2. The Bertz CT molecular complexity index is 661. The molecule has 1 aliphatic carbocycles. The molecule has 0 amide bonds. The van der Waals surface area contributed by atoms with Crippen molar-refractivity contribution in [1.82, 2.24) is 4.57 Å². The zero-order chi connectivity index (χ0) is 15.0. The lowest BCUT2D eigenvalue weighted by molar-refractivity contribution is 0.355. The highest BCUT2D eigenvalue weighted by Crippen LogP contribution is 2.35. The first kappa shape index (κ1) is 14.0. The van der Waals surface area contributed by atoms with Gasteiger partial charge in [-0.25, -0.2) is 0 Å². The average molecular weight is 286 g/mol. The maximum absolute atomic E-state index is 6.25. The minimum atomic E-state index is 0.161. The van der Waals surface area contributed by atoms with E-state index in [0.29, 0.717) is 0 Å². The van der Waals surface area contributed by atoms with Crippen LogP contribution in [0.4, 0.5) is 0 Å². The number of fused-ring (bicyclic) bond motifs is 1. The number of ether oxygens (including phenoxy) is 2. The molecule has 0 aliphatic heterocycles. The zero-order valence-corrected chi connectivity index (χ0v) is 12.8. The Morgan fingerprint density at radius 2 is 1.90 bits per heavy atom. The summed E-state index contributed by atoms with van der Waals surface area (Å²) in [5.41, 5.74) is 11.2. The van der Waals surface area contributed by atoms with Crippen molar-refractivity contribution in [3.63, 3.8) is 0 Å². The third-order valence-corrected chi connectivity index (χ3v) is 4.27. The largest absolute Gasteiger partial charge is 0.493 e. The van der Waals surface area contributed by atoms with Crippen LogP contribution >= 0.6 is 0 Å². The fraction of sp³-hybridized carbons (Fsp3) is 0.412. The number of hydrogen-bond donors (Lipinski definition) is 1. The first-order valence-electron chi connectivity index (χ1n) is 7.34. The second kappa shape index (κ2) is 5.45. The maximum Gasteiger partial charge on any atom is 0.162 e. The quantitative estimate of drug-likeness (QED) is 0.943. The number of rotatable bonds is 3. The van der Waals surface area contributed by atoms with Gasteiger partial charge < -0.3 is 19.8 Å². The molecule has 4 nitrogen and oxygen atoms in total. The van der Waals surface area contributed by atoms with Crippen LogP contribution in [0.1, 0.15) is 35.8 Å². The Morgan fingerprint density at radius 3 is 2.62 bits per heavy atom. The molecule has 4 heteroatoms. The summed E-state index contributed by atoms with van der Waals surface area (Å²) in [6, 6.07) is 8.41. The molecule has 1 heterocycles. The van der Waals surface area contributed by atoms with Crippen molar-refractivity contribution >= 4 is 0 Å². The average Bonchev–Trinajstić information content (AvgIpc) is 2.84. The molecule has 21 heavy (non-hydrogen) atoms. The van der Waals surface area contributed by atoms with Gasteiger partial charge in [0.25, 0.3) is 0 Å². The van der Waals surface area contributed by atoms with Gasteiger partial charge in [-0.2, -0.15) is 0 Å². The standard InChI is InChI=1S/C17H22N2O2/c1-11-9-13-14(18)5-4-6-15(13)19(11)12-7-8-16(20-2)17(10-12)21-3/h7-10,14H,4-6,18H2,1-3H3. The fourth-order valence-electron chi connectivity index (χ4n) is 3.26. The Kier molecular flexibility index (Phi) is 3.64. The number of aryl methyl sites for hydroxylation is 1. The molecule has 1 atom stereocenters. The van der Waals surface area contributed by atoms with Crippen molar-refractivity contribution in [2.75, 3.05) is 14.2 Å². The number of aromatic nitrogens is 1. The van der Waals surface area contributed by atoms with Crippen LogP contribution in [0.5, 0.6) is 11.5 Å². The molecule has 0 fully saturated rings. The van der Waals surface area contributed by atoms with Gasteiger partial charge in [-0.05, 0) is 49.9 Å². The van der Waals surface area contributed by atoms with E-state index in [1.807, 2.05) is 12.1 Å². The lowest BCUT2D eigenvalue weighted by Gasteiger charge is -2.21. The van der Waals surface area contributed by atoms with Gasteiger partial charge in [0.15, 0.2) is 11.5 Å². The predicted octanol–water partition coefficient (Wildman–Crippen LogP) is 3.14. The number of benzene rings is 1. The van der Waals surface area contributed by atoms with E-state index in [2.05, 4.69) is 23.6 Å².